The summed E-state index contributed by atoms with van der Waals surface area (Å²) in [6.45, 7) is 0. The van der Waals surface area contributed by atoms with Crippen LogP contribution >= 0.6 is 11.8 Å². The van der Waals surface area contributed by atoms with Crippen LogP contribution in [0.1, 0.15) is 26.3 Å². The molecule has 0 radical (unpaired) electrons. The zero-order valence-electron chi connectivity index (χ0n) is 22.3. The van der Waals surface area contributed by atoms with Crippen LogP contribution in [0.2, 0.25) is 0 Å². The number of hydrogen-bond acceptors (Lipinski definition) is 6. The molecule has 41 heavy (non-hydrogen) atoms. The molecule has 7 nitrogen and oxygen atoms in total. The van der Waals surface area contributed by atoms with E-state index in [9.17, 15) is 18.8 Å². The van der Waals surface area contributed by atoms with Gasteiger partial charge in [-0.1, -0.05) is 30.3 Å². The minimum absolute atomic E-state index is 0.00983. The average molecular weight is 571 g/mol. The van der Waals surface area contributed by atoms with E-state index < -0.39 is 17.6 Å². The van der Waals surface area contributed by atoms with Gasteiger partial charge in [0.15, 0.2) is 17.3 Å². The van der Waals surface area contributed by atoms with Gasteiger partial charge in [0.2, 0.25) is 0 Å². The summed E-state index contributed by atoms with van der Waals surface area (Å²) in [5.74, 6) is -0.415. The summed E-state index contributed by atoms with van der Waals surface area (Å²) in [4.78, 5) is 39.6. The fourth-order valence-corrected chi connectivity index (χ4v) is 4.63. The van der Waals surface area contributed by atoms with Crippen LogP contribution in [0.5, 0.6) is 11.5 Å². The van der Waals surface area contributed by atoms with E-state index in [2.05, 4.69) is 10.6 Å². The first-order chi connectivity index (χ1) is 19.9. The van der Waals surface area contributed by atoms with Crippen LogP contribution in [-0.4, -0.2) is 37.6 Å². The lowest BCUT2D eigenvalue weighted by Gasteiger charge is -2.13. The van der Waals surface area contributed by atoms with Gasteiger partial charge in [-0.05, 0) is 78.4 Å². The van der Waals surface area contributed by atoms with Crippen molar-refractivity contribution in [1.29, 1.82) is 0 Å². The van der Waals surface area contributed by atoms with Crippen molar-refractivity contribution in [1.82, 2.24) is 5.32 Å². The summed E-state index contributed by atoms with van der Waals surface area (Å²) < 4.78 is 23.8. The van der Waals surface area contributed by atoms with Crippen LogP contribution < -0.4 is 20.1 Å². The maximum absolute atomic E-state index is 13.4. The van der Waals surface area contributed by atoms with Crippen LogP contribution in [0.3, 0.4) is 0 Å². The van der Waals surface area contributed by atoms with Gasteiger partial charge in [-0.3, -0.25) is 14.4 Å². The third-order valence-electron chi connectivity index (χ3n) is 5.88. The molecule has 4 aromatic carbocycles. The maximum atomic E-state index is 13.4. The van der Waals surface area contributed by atoms with Gasteiger partial charge in [0, 0.05) is 21.7 Å². The van der Waals surface area contributed by atoms with E-state index in [-0.39, 0.29) is 17.2 Å². The molecule has 0 saturated heterocycles. The predicted molar refractivity (Wildman–Crippen MR) is 158 cm³/mol. The highest BCUT2D eigenvalue weighted by Gasteiger charge is 2.16. The first-order valence-corrected chi connectivity index (χ1v) is 13.5. The van der Waals surface area contributed by atoms with E-state index >= 15 is 0 Å². The molecule has 0 unspecified atom stereocenters. The number of anilines is 1. The van der Waals surface area contributed by atoms with Gasteiger partial charge >= 0.3 is 0 Å². The summed E-state index contributed by atoms with van der Waals surface area (Å²) in [5.41, 5.74) is 1.90. The van der Waals surface area contributed by atoms with E-state index in [1.807, 2.05) is 6.07 Å². The second kappa shape index (κ2) is 14.0. The number of benzene rings is 4. The average Bonchev–Trinajstić information content (AvgIpc) is 3.00. The molecule has 0 fully saturated rings. The number of halogens is 1. The molecule has 0 aliphatic carbocycles. The van der Waals surface area contributed by atoms with Crippen molar-refractivity contribution in [3.8, 4) is 11.5 Å². The highest BCUT2D eigenvalue weighted by molar-refractivity contribution is 8.00. The lowest BCUT2D eigenvalue weighted by molar-refractivity contribution is -0.113. The van der Waals surface area contributed by atoms with Gasteiger partial charge in [-0.25, -0.2) is 4.39 Å². The van der Waals surface area contributed by atoms with Gasteiger partial charge in [0.1, 0.15) is 11.5 Å². The van der Waals surface area contributed by atoms with E-state index in [1.165, 1.54) is 56.3 Å². The standard InChI is InChI=1S/C32H27FN2O5S/c1-39-29-16-11-21(18-30(29)40-2)17-27(35-31(37)23-7-4-3-5-8-23)32(38)34-25-9-6-10-26(19-25)41-20-28(36)22-12-14-24(33)15-13-22/h3-19H,20H2,1-2H3,(H,34,38)(H,35,37)/b27-17-. The van der Waals surface area contributed by atoms with Crippen LogP contribution in [0, 0.1) is 5.82 Å². The smallest absolute Gasteiger partial charge is 0.272 e. The Morgan fingerprint density at radius 1 is 0.805 bits per heavy atom. The zero-order valence-corrected chi connectivity index (χ0v) is 23.2. The minimum Gasteiger partial charge on any atom is -0.493 e. The molecule has 9 heteroatoms. The fourth-order valence-electron chi connectivity index (χ4n) is 3.78. The number of rotatable bonds is 11. The molecular formula is C32H27FN2O5S. The van der Waals surface area contributed by atoms with E-state index in [1.54, 1.807) is 66.7 Å². The monoisotopic (exact) mass is 570 g/mol. The first-order valence-electron chi connectivity index (χ1n) is 12.5. The maximum Gasteiger partial charge on any atom is 0.272 e. The molecule has 2 N–H and O–H groups in total. The van der Waals surface area contributed by atoms with Crippen LogP contribution in [0.15, 0.2) is 108 Å². The van der Waals surface area contributed by atoms with E-state index in [0.29, 0.717) is 33.9 Å². The molecule has 0 aromatic heterocycles. The number of nitrogens with one attached hydrogen (secondary N) is 2. The highest BCUT2D eigenvalue weighted by atomic mass is 32.2. The van der Waals surface area contributed by atoms with E-state index in [0.717, 1.165) is 4.90 Å². The largest absolute Gasteiger partial charge is 0.493 e. The van der Waals surface area contributed by atoms with Crippen molar-refractivity contribution in [3.05, 3.63) is 125 Å². The lowest BCUT2D eigenvalue weighted by atomic mass is 10.1. The molecule has 208 valence electrons. The molecule has 0 spiro atoms. The summed E-state index contributed by atoms with van der Waals surface area (Å²) in [6.07, 6.45) is 1.54. The SMILES string of the molecule is COc1ccc(/C=C(\NC(=O)c2ccccc2)C(=O)Nc2cccc(SCC(=O)c3ccc(F)cc3)c2)cc1OC. The molecule has 4 rings (SSSR count). The molecule has 0 aliphatic heterocycles. The Kier molecular flexibility index (Phi) is 9.90. The number of methoxy groups -OCH3 is 2. The normalized spacial score (nSPS) is 11.0. The molecule has 4 aromatic rings. The Labute approximate surface area is 241 Å². The number of Topliss-reactive ketones (excluding diaryl/α,β-unsaturated/α-hetero) is 1. The molecule has 0 bridgehead atoms. The Balaban J connectivity index is 1.53. The van der Waals surface area contributed by atoms with Crippen LogP contribution in [0.25, 0.3) is 6.08 Å². The van der Waals surface area contributed by atoms with Gasteiger partial charge < -0.3 is 20.1 Å². The molecule has 0 atom stereocenters. The van der Waals surface area contributed by atoms with Crippen LogP contribution in [-0.2, 0) is 4.79 Å². The van der Waals surface area contributed by atoms with Crippen molar-refractivity contribution >= 4 is 41.1 Å². The Bertz CT molecular complexity index is 1570. The van der Waals surface area contributed by atoms with Gasteiger partial charge in [-0.2, -0.15) is 0 Å². The second-order valence-electron chi connectivity index (χ2n) is 8.69. The Morgan fingerprint density at radius 2 is 1.54 bits per heavy atom. The van der Waals surface area contributed by atoms with Crippen molar-refractivity contribution < 1.29 is 28.2 Å². The summed E-state index contributed by atoms with van der Waals surface area (Å²) in [6, 6.07) is 26.1. The number of carbonyl (C=O) groups is 3. The zero-order chi connectivity index (χ0) is 29.2. The number of ether oxygens (including phenoxy) is 2. The summed E-state index contributed by atoms with van der Waals surface area (Å²) in [7, 11) is 3.03. The predicted octanol–water partition coefficient (Wildman–Crippen LogP) is 6.23. The molecule has 0 heterocycles. The minimum atomic E-state index is -0.548. The van der Waals surface area contributed by atoms with Crippen molar-refractivity contribution in [3.63, 3.8) is 0 Å². The number of ketones is 1. The number of amides is 2. The van der Waals surface area contributed by atoms with Gasteiger partial charge in [0.05, 0.1) is 20.0 Å². The highest BCUT2D eigenvalue weighted by Crippen LogP contribution is 2.29. The quantitative estimate of drug-likeness (QED) is 0.126. The Morgan fingerprint density at radius 3 is 2.24 bits per heavy atom. The third kappa shape index (κ3) is 8.06. The summed E-state index contributed by atoms with van der Waals surface area (Å²) >= 11 is 1.29. The fraction of sp³-hybridized carbons (Fsp3) is 0.0938. The number of carbonyl (C=O) groups excluding carboxylic acids is 3. The molecular weight excluding hydrogens is 543 g/mol. The summed E-state index contributed by atoms with van der Waals surface area (Å²) in [5, 5.41) is 5.52. The van der Waals surface area contributed by atoms with Gasteiger partial charge in [0.25, 0.3) is 11.8 Å². The Hall–Kier alpha value is -4.89. The number of hydrogen-bond donors (Lipinski definition) is 2. The van der Waals surface area contributed by atoms with E-state index in [4.69, 9.17) is 9.47 Å². The third-order valence-corrected chi connectivity index (χ3v) is 6.87. The lowest BCUT2D eigenvalue weighted by Crippen LogP contribution is -2.30. The molecule has 2 amide bonds. The number of thioether (sulfide) groups is 1. The van der Waals surface area contributed by atoms with Crippen molar-refractivity contribution in [2.75, 3.05) is 25.3 Å². The van der Waals surface area contributed by atoms with Crippen molar-refractivity contribution in [2.45, 2.75) is 4.90 Å². The molecule has 0 saturated carbocycles. The first kappa shape index (κ1) is 29.1. The topological polar surface area (TPSA) is 93.7 Å². The van der Waals surface area contributed by atoms with Gasteiger partial charge in [-0.15, -0.1) is 11.8 Å². The second-order valence-corrected chi connectivity index (χ2v) is 9.74. The van der Waals surface area contributed by atoms with Crippen molar-refractivity contribution in [2.24, 2.45) is 0 Å². The molecule has 0 aliphatic rings. The van der Waals surface area contributed by atoms with Crippen LogP contribution in [0.4, 0.5) is 10.1 Å².